The molecule has 1 aromatic rings. The van der Waals surface area contributed by atoms with E-state index in [0.717, 1.165) is 37.9 Å². The first-order valence-electron chi connectivity index (χ1n) is 6.28. The molecule has 0 spiro atoms. The highest BCUT2D eigenvalue weighted by Gasteiger charge is 2.29. The molecule has 0 aromatic heterocycles. The van der Waals surface area contributed by atoms with Crippen LogP contribution in [0.15, 0.2) is 24.3 Å². The maximum Gasteiger partial charge on any atom is 0.325 e. The number of aliphatic carboxylic acids is 1. The smallest absolute Gasteiger partial charge is 0.325 e. The van der Waals surface area contributed by atoms with E-state index in [1.807, 2.05) is 24.3 Å². The lowest BCUT2D eigenvalue weighted by atomic mass is 10.0. The van der Waals surface area contributed by atoms with E-state index in [4.69, 9.17) is 0 Å². The fraction of sp³-hybridized carbons (Fsp3) is 0.500. The van der Waals surface area contributed by atoms with E-state index in [-0.39, 0.29) is 0 Å². The third-order valence-corrected chi connectivity index (χ3v) is 3.44. The number of nitrogens with zero attached hydrogens (tertiary/aromatic N) is 1. The second kappa shape index (κ2) is 5.32. The van der Waals surface area contributed by atoms with E-state index in [2.05, 4.69) is 11.8 Å². The van der Waals surface area contributed by atoms with Crippen molar-refractivity contribution in [3.8, 4) is 0 Å². The summed E-state index contributed by atoms with van der Waals surface area (Å²) in [6, 6.07) is 7.50. The lowest BCUT2D eigenvalue weighted by Crippen LogP contribution is -2.31. The zero-order chi connectivity index (χ0) is 12.3. The van der Waals surface area contributed by atoms with Crippen molar-refractivity contribution in [3.63, 3.8) is 0 Å². The van der Waals surface area contributed by atoms with E-state index in [0.29, 0.717) is 0 Å². The highest BCUT2D eigenvalue weighted by atomic mass is 16.4. The zero-order valence-corrected chi connectivity index (χ0v) is 10.2. The van der Waals surface area contributed by atoms with Crippen molar-refractivity contribution in [2.24, 2.45) is 0 Å². The highest BCUT2D eigenvalue weighted by molar-refractivity contribution is 5.75. The molecule has 2 rings (SSSR count). The Bertz CT molecular complexity index is 380. The monoisotopic (exact) mass is 233 g/mol. The lowest BCUT2D eigenvalue weighted by molar-refractivity contribution is -0.143. The predicted molar refractivity (Wildman–Crippen MR) is 67.0 cm³/mol. The van der Waals surface area contributed by atoms with Crippen LogP contribution in [0, 0.1) is 0 Å². The molecule has 3 heteroatoms. The standard InChI is InChI=1S/C14H19NO2/c1-2-11-5-7-12(8-6-11)13(14(16)17)15-9-3-4-10-15/h5-8,13H,2-4,9-10H2,1H3,(H,16,17). The molecule has 92 valence electrons. The Labute approximate surface area is 102 Å². The zero-order valence-electron chi connectivity index (χ0n) is 10.2. The number of carboxylic acid groups (broad SMARTS) is 1. The van der Waals surface area contributed by atoms with Gasteiger partial charge < -0.3 is 5.11 Å². The minimum atomic E-state index is -0.740. The number of benzene rings is 1. The molecule has 3 nitrogen and oxygen atoms in total. The van der Waals surface area contributed by atoms with Gasteiger partial charge in [-0.1, -0.05) is 31.2 Å². The first-order valence-corrected chi connectivity index (χ1v) is 6.28. The van der Waals surface area contributed by atoms with Crippen LogP contribution in [0.25, 0.3) is 0 Å². The molecule has 1 heterocycles. The third-order valence-electron chi connectivity index (χ3n) is 3.44. The van der Waals surface area contributed by atoms with Crippen molar-refractivity contribution in [1.29, 1.82) is 0 Å². The SMILES string of the molecule is CCc1ccc(C(C(=O)O)N2CCCC2)cc1. The van der Waals surface area contributed by atoms with Gasteiger partial charge in [-0.3, -0.25) is 9.69 Å². The number of carbonyl (C=O) groups is 1. The quantitative estimate of drug-likeness (QED) is 0.868. The predicted octanol–water partition coefficient (Wildman–Crippen LogP) is 2.47. The van der Waals surface area contributed by atoms with Crippen LogP contribution < -0.4 is 0 Å². The normalized spacial score (nSPS) is 18.2. The van der Waals surface area contributed by atoms with Crippen LogP contribution in [0.2, 0.25) is 0 Å². The summed E-state index contributed by atoms with van der Waals surface area (Å²) in [6.07, 6.45) is 3.20. The minimum Gasteiger partial charge on any atom is -0.480 e. The van der Waals surface area contributed by atoms with Crippen molar-refractivity contribution in [3.05, 3.63) is 35.4 Å². The summed E-state index contributed by atoms with van der Waals surface area (Å²) in [7, 11) is 0. The molecule has 1 aliphatic heterocycles. The molecular formula is C14H19NO2. The van der Waals surface area contributed by atoms with E-state index in [1.54, 1.807) is 0 Å². The molecule has 17 heavy (non-hydrogen) atoms. The van der Waals surface area contributed by atoms with E-state index >= 15 is 0 Å². The number of likely N-dealkylation sites (tertiary alicyclic amines) is 1. The van der Waals surface area contributed by atoms with Gasteiger partial charge in [-0.05, 0) is 43.5 Å². The van der Waals surface area contributed by atoms with Crippen LogP contribution >= 0.6 is 0 Å². The second-order valence-corrected chi connectivity index (χ2v) is 4.58. The summed E-state index contributed by atoms with van der Waals surface area (Å²) in [6.45, 7) is 3.89. The molecule has 1 unspecified atom stereocenters. The van der Waals surface area contributed by atoms with Crippen molar-refractivity contribution in [1.82, 2.24) is 4.90 Å². The summed E-state index contributed by atoms with van der Waals surface area (Å²) in [4.78, 5) is 13.5. The second-order valence-electron chi connectivity index (χ2n) is 4.58. The maximum absolute atomic E-state index is 11.4. The molecule has 1 N–H and O–H groups in total. The van der Waals surface area contributed by atoms with Gasteiger partial charge >= 0.3 is 5.97 Å². The molecule has 1 atom stereocenters. The Balaban J connectivity index is 2.22. The number of aryl methyl sites for hydroxylation is 1. The van der Waals surface area contributed by atoms with Gasteiger partial charge in [0.25, 0.3) is 0 Å². The molecule has 1 fully saturated rings. The van der Waals surface area contributed by atoms with Crippen molar-refractivity contribution >= 4 is 5.97 Å². The van der Waals surface area contributed by atoms with Gasteiger partial charge in [-0.15, -0.1) is 0 Å². The van der Waals surface area contributed by atoms with Crippen LogP contribution in [-0.2, 0) is 11.2 Å². The summed E-state index contributed by atoms with van der Waals surface area (Å²) < 4.78 is 0. The van der Waals surface area contributed by atoms with E-state index < -0.39 is 12.0 Å². The molecule has 1 saturated heterocycles. The average molecular weight is 233 g/mol. The number of hydrogen-bond donors (Lipinski definition) is 1. The molecule has 0 aliphatic carbocycles. The summed E-state index contributed by atoms with van der Waals surface area (Å²) in [5.41, 5.74) is 2.15. The van der Waals surface area contributed by atoms with Gasteiger partial charge in [0, 0.05) is 0 Å². The fourth-order valence-electron chi connectivity index (χ4n) is 2.45. The van der Waals surface area contributed by atoms with Gasteiger partial charge in [-0.25, -0.2) is 0 Å². The maximum atomic E-state index is 11.4. The molecule has 0 saturated carbocycles. The molecular weight excluding hydrogens is 214 g/mol. The van der Waals surface area contributed by atoms with Gasteiger partial charge in [0.2, 0.25) is 0 Å². The first-order chi connectivity index (χ1) is 8.22. The molecule has 0 bridgehead atoms. The molecule has 1 aliphatic rings. The molecule has 1 aromatic carbocycles. The number of rotatable bonds is 4. The Morgan fingerprint density at radius 1 is 1.29 bits per heavy atom. The van der Waals surface area contributed by atoms with Crippen molar-refractivity contribution < 1.29 is 9.90 Å². The Morgan fingerprint density at radius 2 is 1.88 bits per heavy atom. The summed E-state index contributed by atoms with van der Waals surface area (Å²) in [5.74, 6) is -0.740. The first kappa shape index (κ1) is 12.1. The largest absolute Gasteiger partial charge is 0.480 e. The summed E-state index contributed by atoms with van der Waals surface area (Å²) in [5, 5.41) is 9.37. The van der Waals surface area contributed by atoms with Crippen LogP contribution in [-0.4, -0.2) is 29.1 Å². The van der Waals surface area contributed by atoms with Crippen LogP contribution in [0.4, 0.5) is 0 Å². The fourth-order valence-corrected chi connectivity index (χ4v) is 2.45. The lowest BCUT2D eigenvalue weighted by Gasteiger charge is -2.24. The Hall–Kier alpha value is -1.35. The average Bonchev–Trinajstić information content (AvgIpc) is 2.83. The van der Waals surface area contributed by atoms with Gasteiger partial charge in [-0.2, -0.15) is 0 Å². The Morgan fingerprint density at radius 3 is 2.35 bits per heavy atom. The van der Waals surface area contributed by atoms with Crippen molar-refractivity contribution in [2.75, 3.05) is 13.1 Å². The molecule has 0 radical (unpaired) electrons. The highest BCUT2D eigenvalue weighted by Crippen LogP contribution is 2.25. The third kappa shape index (κ3) is 2.67. The van der Waals surface area contributed by atoms with Crippen LogP contribution in [0.3, 0.4) is 0 Å². The van der Waals surface area contributed by atoms with E-state index in [1.165, 1.54) is 5.56 Å². The minimum absolute atomic E-state index is 0.469. The molecule has 0 amide bonds. The van der Waals surface area contributed by atoms with Crippen molar-refractivity contribution in [2.45, 2.75) is 32.2 Å². The number of carboxylic acids is 1. The Kier molecular flexibility index (Phi) is 3.79. The number of hydrogen-bond acceptors (Lipinski definition) is 2. The van der Waals surface area contributed by atoms with Gasteiger partial charge in [0.1, 0.15) is 6.04 Å². The van der Waals surface area contributed by atoms with Crippen LogP contribution in [0.1, 0.15) is 36.9 Å². The van der Waals surface area contributed by atoms with Gasteiger partial charge in [0.15, 0.2) is 0 Å². The van der Waals surface area contributed by atoms with Gasteiger partial charge in [0.05, 0.1) is 0 Å². The topological polar surface area (TPSA) is 40.5 Å². The summed E-state index contributed by atoms with van der Waals surface area (Å²) >= 11 is 0. The van der Waals surface area contributed by atoms with Crippen LogP contribution in [0.5, 0.6) is 0 Å². The van der Waals surface area contributed by atoms with E-state index in [9.17, 15) is 9.90 Å².